The molecule has 3 nitrogen and oxygen atoms in total. The molecular weight excluding hydrogens is 255 g/mol. The third kappa shape index (κ3) is 3.40. The van der Waals surface area contributed by atoms with E-state index < -0.39 is 0 Å². The van der Waals surface area contributed by atoms with Gasteiger partial charge in [-0.1, -0.05) is 23.7 Å². The van der Waals surface area contributed by atoms with Gasteiger partial charge in [-0.25, -0.2) is 9.37 Å². The lowest BCUT2D eigenvalue weighted by atomic mass is 10.1. The fraction of sp³-hybridized carbons (Fsp3) is 0.231. The molecule has 0 aliphatic rings. The molecule has 0 saturated carbocycles. The fourth-order valence-corrected chi connectivity index (χ4v) is 1.72. The summed E-state index contributed by atoms with van der Waals surface area (Å²) >= 11 is 5.89. The average molecular weight is 267 g/mol. The van der Waals surface area contributed by atoms with Crippen LogP contribution in [0.1, 0.15) is 18.3 Å². The molecule has 0 aliphatic heterocycles. The molecule has 0 atom stereocenters. The first-order valence-electron chi connectivity index (χ1n) is 5.58. The Morgan fingerprint density at radius 3 is 2.61 bits per heavy atom. The minimum absolute atomic E-state index is 0.263. The molecule has 94 valence electrons. The van der Waals surface area contributed by atoms with Crippen LogP contribution in [0.4, 0.5) is 4.39 Å². The van der Waals surface area contributed by atoms with Gasteiger partial charge in [0.25, 0.3) is 0 Å². The van der Waals surface area contributed by atoms with Gasteiger partial charge in [0.2, 0.25) is 5.88 Å². The van der Waals surface area contributed by atoms with E-state index in [1.807, 2.05) is 6.92 Å². The normalized spacial score (nSPS) is 10.4. The van der Waals surface area contributed by atoms with Crippen molar-refractivity contribution in [2.24, 2.45) is 0 Å². The van der Waals surface area contributed by atoms with Crippen LogP contribution in [0.15, 0.2) is 30.3 Å². The average Bonchev–Trinajstić information content (AvgIpc) is 2.32. The Morgan fingerprint density at radius 2 is 1.94 bits per heavy atom. The summed E-state index contributed by atoms with van der Waals surface area (Å²) in [4.78, 5) is 8.34. The lowest BCUT2D eigenvalue weighted by Crippen LogP contribution is -2.01. The molecule has 0 radical (unpaired) electrons. The standard InChI is InChI=1S/C13H12ClFN2O/c1-2-18-13-8-11(14)16-12(17-13)7-9-3-5-10(15)6-4-9/h3-6,8H,2,7H2,1H3. The van der Waals surface area contributed by atoms with E-state index in [4.69, 9.17) is 16.3 Å². The van der Waals surface area contributed by atoms with Crippen LogP contribution in [0.2, 0.25) is 5.15 Å². The van der Waals surface area contributed by atoms with Crippen molar-refractivity contribution in [2.45, 2.75) is 13.3 Å². The van der Waals surface area contributed by atoms with Crippen LogP contribution in [-0.4, -0.2) is 16.6 Å². The molecule has 0 aliphatic carbocycles. The van der Waals surface area contributed by atoms with Crippen molar-refractivity contribution in [3.63, 3.8) is 0 Å². The fourth-order valence-electron chi connectivity index (χ4n) is 1.53. The molecule has 0 saturated heterocycles. The highest BCUT2D eigenvalue weighted by atomic mass is 35.5. The van der Waals surface area contributed by atoms with Gasteiger partial charge < -0.3 is 4.74 Å². The van der Waals surface area contributed by atoms with Crippen LogP contribution in [0.5, 0.6) is 5.88 Å². The van der Waals surface area contributed by atoms with Gasteiger partial charge in [-0.05, 0) is 24.6 Å². The number of aromatic nitrogens is 2. The third-order valence-corrected chi connectivity index (χ3v) is 2.48. The van der Waals surface area contributed by atoms with Crippen molar-refractivity contribution in [2.75, 3.05) is 6.61 Å². The van der Waals surface area contributed by atoms with Crippen molar-refractivity contribution in [3.05, 3.63) is 52.7 Å². The molecule has 0 bridgehead atoms. The maximum atomic E-state index is 12.8. The highest BCUT2D eigenvalue weighted by Crippen LogP contribution is 2.16. The van der Waals surface area contributed by atoms with E-state index in [9.17, 15) is 4.39 Å². The maximum Gasteiger partial charge on any atom is 0.218 e. The number of nitrogens with zero attached hydrogens (tertiary/aromatic N) is 2. The molecule has 0 spiro atoms. The van der Waals surface area contributed by atoms with Crippen LogP contribution < -0.4 is 4.74 Å². The number of benzene rings is 1. The summed E-state index contributed by atoms with van der Waals surface area (Å²) in [6.45, 7) is 2.39. The van der Waals surface area contributed by atoms with Crippen LogP contribution in [-0.2, 0) is 6.42 Å². The molecule has 0 fully saturated rings. The van der Waals surface area contributed by atoms with Gasteiger partial charge in [0.1, 0.15) is 16.8 Å². The molecule has 18 heavy (non-hydrogen) atoms. The van der Waals surface area contributed by atoms with E-state index in [0.717, 1.165) is 5.56 Å². The van der Waals surface area contributed by atoms with E-state index in [-0.39, 0.29) is 5.82 Å². The van der Waals surface area contributed by atoms with Gasteiger partial charge >= 0.3 is 0 Å². The smallest absolute Gasteiger partial charge is 0.218 e. The molecule has 1 heterocycles. The largest absolute Gasteiger partial charge is 0.478 e. The Labute approximate surface area is 110 Å². The zero-order valence-electron chi connectivity index (χ0n) is 9.86. The first-order chi connectivity index (χ1) is 8.67. The predicted octanol–water partition coefficient (Wildman–Crippen LogP) is 3.26. The monoisotopic (exact) mass is 266 g/mol. The van der Waals surface area contributed by atoms with E-state index in [1.54, 1.807) is 18.2 Å². The van der Waals surface area contributed by atoms with Gasteiger partial charge in [-0.3, -0.25) is 0 Å². The summed E-state index contributed by atoms with van der Waals surface area (Å²) in [7, 11) is 0. The van der Waals surface area contributed by atoms with Crippen molar-refractivity contribution < 1.29 is 9.13 Å². The van der Waals surface area contributed by atoms with Crippen LogP contribution >= 0.6 is 11.6 Å². The summed E-state index contributed by atoms with van der Waals surface area (Å²) in [6, 6.07) is 7.77. The number of ether oxygens (including phenoxy) is 1. The molecule has 5 heteroatoms. The molecule has 0 N–H and O–H groups in total. The zero-order valence-corrected chi connectivity index (χ0v) is 10.6. The first-order valence-corrected chi connectivity index (χ1v) is 5.96. The summed E-state index contributed by atoms with van der Waals surface area (Å²) in [5.41, 5.74) is 0.918. The van der Waals surface area contributed by atoms with Crippen molar-refractivity contribution in [3.8, 4) is 5.88 Å². The SMILES string of the molecule is CCOc1cc(Cl)nc(Cc2ccc(F)cc2)n1. The van der Waals surface area contributed by atoms with Crippen molar-refractivity contribution >= 4 is 11.6 Å². The molecule has 1 aromatic carbocycles. The van der Waals surface area contributed by atoms with E-state index in [0.29, 0.717) is 29.9 Å². The van der Waals surface area contributed by atoms with Crippen molar-refractivity contribution in [1.29, 1.82) is 0 Å². The van der Waals surface area contributed by atoms with Gasteiger partial charge in [0.15, 0.2) is 0 Å². The second-order valence-electron chi connectivity index (χ2n) is 3.68. The van der Waals surface area contributed by atoms with Crippen molar-refractivity contribution in [1.82, 2.24) is 9.97 Å². The molecule has 2 aromatic rings. The minimum Gasteiger partial charge on any atom is -0.478 e. The lowest BCUT2D eigenvalue weighted by molar-refractivity contribution is 0.325. The van der Waals surface area contributed by atoms with E-state index in [1.165, 1.54) is 12.1 Å². The van der Waals surface area contributed by atoms with Crippen LogP contribution in [0.25, 0.3) is 0 Å². The zero-order chi connectivity index (χ0) is 13.0. The van der Waals surface area contributed by atoms with E-state index >= 15 is 0 Å². The third-order valence-electron chi connectivity index (χ3n) is 2.29. The second-order valence-corrected chi connectivity index (χ2v) is 4.07. The van der Waals surface area contributed by atoms with Gasteiger partial charge in [0, 0.05) is 12.5 Å². The Morgan fingerprint density at radius 1 is 1.22 bits per heavy atom. The number of hydrogen-bond acceptors (Lipinski definition) is 3. The summed E-state index contributed by atoms with van der Waals surface area (Å²) in [5, 5.41) is 0.338. The highest BCUT2D eigenvalue weighted by Gasteiger charge is 2.05. The Hall–Kier alpha value is -1.68. The first kappa shape index (κ1) is 12.8. The van der Waals surface area contributed by atoms with Crippen LogP contribution in [0.3, 0.4) is 0 Å². The predicted molar refractivity (Wildman–Crippen MR) is 67.4 cm³/mol. The Bertz CT molecular complexity index is 531. The second kappa shape index (κ2) is 5.78. The Balaban J connectivity index is 2.20. The summed E-state index contributed by atoms with van der Waals surface area (Å²) in [5.74, 6) is 0.743. The molecule has 0 amide bonds. The number of rotatable bonds is 4. The number of halogens is 2. The van der Waals surface area contributed by atoms with Gasteiger partial charge in [-0.2, -0.15) is 4.98 Å². The lowest BCUT2D eigenvalue weighted by Gasteiger charge is -2.05. The minimum atomic E-state index is -0.263. The molecule has 0 unspecified atom stereocenters. The number of hydrogen-bond donors (Lipinski definition) is 0. The van der Waals surface area contributed by atoms with Crippen LogP contribution in [0, 0.1) is 5.82 Å². The highest BCUT2D eigenvalue weighted by molar-refractivity contribution is 6.29. The quantitative estimate of drug-likeness (QED) is 0.797. The summed E-state index contributed by atoms with van der Waals surface area (Å²) < 4.78 is 18.1. The van der Waals surface area contributed by atoms with Gasteiger partial charge in [-0.15, -0.1) is 0 Å². The maximum absolute atomic E-state index is 12.8. The van der Waals surface area contributed by atoms with E-state index in [2.05, 4.69) is 9.97 Å². The topological polar surface area (TPSA) is 35.0 Å². The Kier molecular flexibility index (Phi) is 4.10. The molecule has 2 rings (SSSR count). The summed E-state index contributed by atoms with van der Waals surface area (Å²) in [6.07, 6.45) is 0.487. The molecular formula is C13H12ClFN2O. The molecule has 1 aromatic heterocycles. The van der Waals surface area contributed by atoms with Gasteiger partial charge in [0.05, 0.1) is 6.61 Å².